The molecule has 0 aliphatic carbocycles. The summed E-state index contributed by atoms with van der Waals surface area (Å²) in [4.78, 5) is 19.2. The predicted molar refractivity (Wildman–Crippen MR) is 142 cm³/mol. The number of hydrogen-bond donors (Lipinski definition) is 3. The highest BCUT2D eigenvalue weighted by Crippen LogP contribution is 2.52. The van der Waals surface area contributed by atoms with Crippen molar-refractivity contribution in [2.45, 2.75) is 121 Å². The second kappa shape index (κ2) is 18.8. The molecule has 1 unspecified atom stereocenters. The van der Waals surface area contributed by atoms with Gasteiger partial charge < -0.3 is 19.4 Å². The minimum absolute atomic E-state index is 0.0354. The summed E-state index contributed by atoms with van der Waals surface area (Å²) in [7, 11) is 0.909. The molecule has 196 valence electrons. The lowest BCUT2D eigenvalue weighted by atomic mass is 10.1. The topological polar surface area (TPSA) is 77.8 Å². The third-order valence-electron chi connectivity index (χ3n) is 6.02. The van der Waals surface area contributed by atoms with Gasteiger partial charge in [0.15, 0.2) is 0 Å². The fraction of sp³-hybridized carbons (Fsp3) is 0.852. The number of likely N-dealkylation sites (N-methyl/N-ethyl adjacent to an activating group) is 1. The smallest absolute Gasteiger partial charge is 0.362 e. The Morgan fingerprint density at radius 3 is 1.42 bits per heavy atom. The Bertz CT molecular complexity index is 565. The molecule has 0 aliphatic rings. The number of unbranched alkanes of at least 4 members (excludes halogenated alkanes) is 13. The first-order valence-corrected chi connectivity index (χ1v) is 15.0. The molecule has 0 aromatic rings. The van der Waals surface area contributed by atoms with Gasteiger partial charge in [0.1, 0.15) is 6.54 Å². The van der Waals surface area contributed by atoms with Gasteiger partial charge in [-0.05, 0) is 57.8 Å². The van der Waals surface area contributed by atoms with Crippen LogP contribution < -0.4 is 0 Å². The van der Waals surface area contributed by atoms with Crippen LogP contribution in [0.2, 0.25) is 0 Å². The standard InChI is InChI=1S/C27H54NO4P/c1-5-6-7-8-9-10-11-12-13-14-15-16-17-18-19-20-21-22-23-24-25-27(29,33(30,31)32)26-28(2,3)4/h15-16,21-22,29H,5-14,17-20,23-26H2,1-4H3,(H-,30,31,32)/p+1/b16-15-,22-21-. The van der Waals surface area contributed by atoms with Gasteiger partial charge in [-0.3, -0.25) is 4.57 Å². The van der Waals surface area contributed by atoms with Gasteiger partial charge in [-0.25, -0.2) is 0 Å². The summed E-state index contributed by atoms with van der Waals surface area (Å²) >= 11 is 0. The average Bonchev–Trinajstić information content (AvgIpc) is 2.70. The summed E-state index contributed by atoms with van der Waals surface area (Å²) in [5, 5.41) is 8.58. The fourth-order valence-corrected chi connectivity index (χ4v) is 5.21. The summed E-state index contributed by atoms with van der Waals surface area (Å²) in [6, 6.07) is 0. The molecule has 0 fully saturated rings. The zero-order valence-corrected chi connectivity index (χ0v) is 23.1. The monoisotopic (exact) mass is 488 g/mol. The third kappa shape index (κ3) is 19.5. The van der Waals surface area contributed by atoms with E-state index in [9.17, 15) is 19.5 Å². The summed E-state index contributed by atoms with van der Waals surface area (Å²) < 4.78 is 12.1. The van der Waals surface area contributed by atoms with Gasteiger partial charge >= 0.3 is 7.60 Å². The molecule has 0 saturated heterocycles. The second-order valence-electron chi connectivity index (χ2n) is 10.7. The maximum atomic E-state index is 11.8. The molecular weight excluding hydrogens is 433 g/mol. The van der Waals surface area contributed by atoms with Gasteiger partial charge in [0, 0.05) is 0 Å². The van der Waals surface area contributed by atoms with Crippen molar-refractivity contribution in [1.82, 2.24) is 0 Å². The van der Waals surface area contributed by atoms with Crippen LogP contribution in [0.15, 0.2) is 24.3 Å². The number of aliphatic hydroxyl groups is 1. The maximum absolute atomic E-state index is 11.8. The highest BCUT2D eigenvalue weighted by atomic mass is 31.2. The molecule has 0 bridgehead atoms. The Hall–Kier alpha value is -0.450. The van der Waals surface area contributed by atoms with E-state index < -0.39 is 12.9 Å². The Balaban J connectivity index is 3.68. The molecule has 1 atom stereocenters. The Kier molecular flexibility index (Phi) is 18.6. The fourth-order valence-electron chi connectivity index (χ4n) is 4.15. The number of allylic oxidation sites excluding steroid dienone is 4. The normalized spacial score (nSPS) is 15.0. The first kappa shape index (κ1) is 32.5. The van der Waals surface area contributed by atoms with Crippen LogP contribution in [0.4, 0.5) is 0 Å². The van der Waals surface area contributed by atoms with Crippen molar-refractivity contribution in [3.05, 3.63) is 24.3 Å². The van der Waals surface area contributed by atoms with Gasteiger partial charge in [0.05, 0.1) is 21.1 Å². The zero-order chi connectivity index (χ0) is 25.1. The summed E-state index contributed by atoms with van der Waals surface area (Å²) in [6.07, 6.45) is 28.5. The summed E-state index contributed by atoms with van der Waals surface area (Å²) in [5.41, 5.74) is 0. The minimum Gasteiger partial charge on any atom is -0.373 e. The Morgan fingerprint density at radius 1 is 0.667 bits per heavy atom. The SMILES string of the molecule is CCCCCCCCCCC/C=C\CCCC/C=C\CCCC(O)(C[N+](C)(C)C)P(=O)(O)O. The molecular formula is C27H55NO4P+. The molecule has 0 aliphatic heterocycles. The quantitative estimate of drug-likeness (QED) is 0.0645. The highest BCUT2D eigenvalue weighted by Gasteiger charge is 2.48. The van der Waals surface area contributed by atoms with E-state index in [1.54, 1.807) is 0 Å². The van der Waals surface area contributed by atoms with E-state index in [1.807, 2.05) is 21.1 Å². The van der Waals surface area contributed by atoms with Crippen LogP contribution in [-0.2, 0) is 4.57 Å². The van der Waals surface area contributed by atoms with Crippen LogP contribution in [0.5, 0.6) is 0 Å². The van der Waals surface area contributed by atoms with Crippen molar-refractivity contribution in [3.63, 3.8) is 0 Å². The van der Waals surface area contributed by atoms with E-state index in [1.165, 1.54) is 70.6 Å². The van der Waals surface area contributed by atoms with Crippen LogP contribution in [0.25, 0.3) is 0 Å². The number of quaternary nitrogens is 1. The van der Waals surface area contributed by atoms with Crippen molar-refractivity contribution in [1.29, 1.82) is 0 Å². The number of hydrogen-bond acceptors (Lipinski definition) is 2. The van der Waals surface area contributed by atoms with Gasteiger partial charge in [-0.1, -0.05) is 82.6 Å². The van der Waals surface area contributed by atoms with Crippen molar-refractivity contribution < 1.29 is 23.9 Å². The molecule has 0 heterocycles. The lowest BCUT2D eigenvalue weighted by Gasteiger charge is -2.35. The largest absolute Gasteiger partial charge is 0.373 e. The molecule has 6 heteroatoms. The highest BCUT2D eigenvalue weighted by molar-refractivity contribution is 7.53. The maximum Gasteiger partial charge on any atom is 0.362 e. The number of nitrogens with zero attached hydrogens (tertiary/aromatic N) is 1. The van der Waals surface area contributed by atoms with E-state index in [0.29, 0.717) is 10.9 Å². The molecule has 0 amide bonds. The van der Waals surface area contributed by atoms with Crippen LogP contribution in [0, 0.1) is 0 Å². The van der Waals surface area contributed by atoms with Crippen molar-refractivity contribution >= 4 is 7.60 Å². The van der Waals surface area contributed by atoms with E-state index in [0.717, 1.165) is 25.7 Å². The van der Waals surface area contributed by atoms with Crippen LogP contribution in [0.3, 0.4) is 0 Å². The summed E-state index contributed by atoms with van der Waals surface area (Å²) in [6.45, 7) is 2.30. The molecule has 3 N–H and O–H groups in total. The first-order chi connectivity index (χ1) is 15.5. The van der Waals surface area contributed by atoms with Crippen LogP contribution >= 0.6 is 7.60 Å². The van der Waals surface area contributed by atoms with E-state index in [4.69, 9.17) is 0 Å². The molecule has 0 rings (SSSR count). The second-order valence-corrected chi connectivity index (χ2v) is 12.6. The van der Waals surface area contributed by atoms with Crippen molar-refractivity contribution in [3.8, 4) is 0 Å². The molecule has 5 nitrogen and oxygen atoms in total. The molecule has 0 saturated carbocycles. The van der Waals surface area contributed by atoms with E-state index >= 15 is 0 Å². The lowest BCUT2D eigenvalue weighted by Crippen LogP contribution is -2.49. The Morgan fingerprint density at radius 2 is 1.03 bits per heavy atom. The van der Waals surface area contributed by atoms with Gasteiger partial charge in [-0.15, -0.1) is 0 Å². The van der Waals surface area contributed by atoms with Crippen LogP contribution in [0.1, 0.15) is 116 Å². The van der Waals surface area contributed by atoms with Gasteiger partial charge in [-0.2, -0.15) is 0 Å². The Labute approximate surface area is 205 Å². The van der Waals surface area contributed by atoms with Crippen LogP contribution in [-0.4, -0.2) is 52.4 Å². The third-order valence-corrected chi connectivity index (χ3v) is 7.47. The first-order valence-electron chi connectivity index (χ1n) is 13.4. The average molecular weight is 489 g/mol. The zero-order valence-electron chi connectivity index (χ0n) is 22.2. The molecule has 0 aromatic heterocycles. The predicted octanol–water partition coefficient (Wildman–Crippen LogP) is 7.32. The lowest BCUT2D eigenvalue weighted by molar-refractivity contribution is -0.875. The van der Waals surface area contributed by atoms with Gasteiger partial charge in [0.25, 0.3) is 0 Å². The number of rotatable bonds is 22. The minimum atomic E-state index is -4.57. The molecule has 33 heavy (non-hydrogen) atoms. The van der Waals surface area contributed by atoms with Crippen molar-refractivity contribution in [2.75, 3.05) is 27.7 Å². The van der Waals surface area contributed by atoms with Gasteiger partial charge in [0.2, 0.25) is 5.34 Å². The van der Waals surface area contributed by atoms with Crippen molar-refractivity contribution in [2.24, 2.45) is 0 Å². The molecule has 0 aromatic carbocycles. The van der Waals surface area contributed by atoms with E-state index in [-0.39, 0.29) is 13.0 Å². The molecule has 0 spiro atoms. The molecule has 0 radical (unpaired) electrons. The summed E-state index contributed by atoms with van der Waals surface area (Å²) in [5.74, 6) is 0. The van der Waals surface area contributed by atoms with E-state index in [2.05, 4.69) is 31.2 Å².